The fourth-order valence-electron chi connectivity index (χ4n) is 3.07. The van der Waals surface area contributed by atoms with Crippen molar-refractivity contribution in [2.75, 3.05) is 19.4 Å². The highest BCUT2D eigenvalue weighted by Crippen LogP contribution is 2.25. The third-order valence-electron chi connectivity index (χ3n) is 4.80. The van der Waals surface area contributed by atoms with Gasteiger partial charge in [-0.3, -0.25) is 14.4 Å². The van der Waals surface area contributed by atoms with Gasteiger partial charge in [0.05, 0.1) is 4.90 Å². The van der Waals surface area contributed by atoms with E-state index in [-0.39, 0.29) is 10.8 Å². The summed E-state index contributed by atoms with van der Waals surface area (Å²) in [6, 6.07) is 13.7. The van der Waals surface area contributed by atoms with E-state index in [1.165, 1.54) is 29.2 Å². The largest absolute Gasteiger partial charge is 0.349 e. The Morgan fingerprint density at radius 1 is 1.00 bits per heavy atom. The molecule has 3 atom stereocenters. The van der Waals surface area contributed by atoms with Gasteiger partial charge in [0.15, 0.2) is 12.2 Å². The molecule has 3 rings (SSSR count). The highest BCUT2D eigenvalue weighted by molar-refractivity contribution is 7.89. The number of nitrogens with two attached hydrogens (primary N) is 1. The van der Waals surface area contributed by atoms with Crippen LogP contribution in [0.15, 0.2) is 59.5 Å². The average Bonchev–Trinajstić information content (AvgIpc) is 3.54. The number of benzene rings is 2. The first-order chi connectivity index (χ1) is 15.1. The Morgan fingerprint density at radius 3 is 2.16 bits per heavy atom. The number of anilines is 1. The quantitative estimate of drug-likeness (QED) is 0.466. The molecule has 32 heavy (non-hydrogen) atoms. The van der Waals surface area contributed by atoms with Gasteiger partial charge in [-0.15, -0.1) is 0 Å². The van der Waals surface area contributed by atoms with E-state index in [0.29, 0.717) is 12.1 Å². The summed E-state index contributed by atoms with van der Waals surface area (Å²) >= 11 is 0. The van der Waals surface area contributed by atoms with E-state index < -0.39 is 40.1 Å². The van der Waals surface area contributed by atoms with Crippen molar-refractivity contribution < 1.29 is 27.5 Å². The van der Waals surface area contributed by atoms with Crippen molar-refractivity contribution in [3.8, 4) is 0 Å². The van der Waals surface area contributed by atoms with Crippen LogP contribution >= 0.6 is 0 Å². The lowest BCUT2D eigenvalue weighted by molar-refractivity contribution is -0.134. The number of nitrogens with one attached hydrogen (secondary N) is 2. The number of rotatable bonds is 8. The predicted octanol–water partition coefficient (Wildman–Crippen LogP) is -0.144. The molecular weight excluding hydrogens is 436 g/mol. The summed E-state index contributed by atoms with van der Waals surface area (Å²) in [6.07, 6.45) is -1.74. The summed E-state index contributed by atoms with van der Waals surface area (Å²) in [5.74, 6) is -1.41. The number of sulfonamides is 1. The Balaban J connectivity index is 1.59. The van der Waals surface area contributed by atoms with Crippen LogP contribution in [0, 0.1) is 0 Å². The normalized spacial score (nSPS) is 18.3. The van der Waals surface area contributed by atoms with E-state index in [1.54, 1.807) is 14.1 Å². The van der Waals surface area contributed by atoms with Crippen LogP contribution in [0.3, 0.4) is 0 Å². The molecule has 3 amide bonds. The smallest absolute Gasteiger partial charge is 0.256 e. The minimum Gasteiger partial charge on any atom is -0.349 e. The maximum atomic E-state index is 12.6. The van der Waals surface area contributed by atoms with Gasteiger partial charge in [0.2, 0.25) is 15.9 Å². The number of epoxide rings is 1. The molecule has 0 bridgehead atoms. The summed E-state index contributed by atoms with van der Waals surface area (Å²) in [5.41, 5.74) is 1.20. The van der Waals surface area contributed by atoms with Crippen molar-refractivity contribution in [1.29, 1.82) is 0 Å². The third kappa shape index (κ3) is 5.90. The minimum absolute atomic E-state index is 0.0922. The number of ether oxygens (including phenoxy) is 1. The highest BCUT2D eigenvalue weighted by Gasteiger charge is 2.51. The Labute approximate surface area is 185 Å². The fraction of sp³-hybridized carbons (Fsp3) is 0.286. The summed E-state index contributed by atoms with van der Waals surface area (Å²) in [7, 11) is -0.651. The van der Waals surface area contributed by atoms with Gasteiger partial charge >= 0.3 is 0 Å². The molecule has 10 nitrogen and oxygen atoms in total. The van der Waals surface area contributed by atoms with Crippen molar-refractivity contribution in [3.05, 3.63) is 60.2 Å². The van der Waals surface area contributed by atoms with Crippen LogP contribution in [0.1, 0.15) is 5.56 Å². The first-order valence-corrected chi connectivity index (χ1v) is 11.3. The van der Waals surface area contributed by atoms with Crippen molar-refractivity contribution in [1.82, 2.24) is 10.2 Å². The van der Waals surface area contributed by atoms with Gasteiger partial charge in [-0.05, 0) is 29.8 Å². The second kappa shape index (κ2) is 9.47. The lowest BCUT2D eigenvalue weighted by Crippen LogP contribution is -2.49. The highest BCUT2D eigenvalue weighted by atomic mass is 32.2. The fourth-order valence-corrected chi connectivity index (χ4v) is 3.58. The first-order valence-electron chi connectivity index (χ1n) is 9.71. The van der Waals surface area contributed by atoms with Crippen LogP contribution in [-0.2, 0) is 35.6 Å². The molecule has 0 spiro atoms. The van der Waals surface area contributed by atoms with Crippen LogP contribution in [0.5, 0.6) is 0 Å². The monoisotopic (exact) mass is 460 g/mol. The van der Waals surface area contributed by atoms with Gasteiger partial charge in [0.25, 0.3) is 11.8 Å². The second-order valence-electron chi connectivity index (χ2n) is 7.52. The Kier molecular flexibility index (Phi) is 6.92. The SMILES string of the molecule is CN(C)C(=O)[C@H](Cc1ccccc1)NC(=O)C1OC1C(=O)Nc1ccc(S(N)(=O)=O)cc1. The van der Waals surface area contributed by atoms with Crippen LogP contribution in [-0.4, -0.2) is 63.4 Å². The Morgan fingerprint density at radius 2 is 1.59 bits per heavy atom. The Bertz CT molecular complexity index is 1100. The van der Waals surface area contributed by atoms with Gasteiger partial charge in [-0.25, -0.2) is 13.6 Å². The molecule has 1 saturated heterocycles. The number of hydrogen-bond acceptors (Lipinski definition) is 6. The van der Waals surface area contributed by atoms with Crippen LogP contribution in [0.25, 0.3) is 0 Å². The summed E-state index contributed by atoms with van der Waals surface area (Å²) < 4.78 is 27.8. The second-order valence-corrected chi connectivity index (χ2v) is 9.08. The third-order valence-corrected chi connectivity index (χ3v) is 5.73. The van der Waals surface area contributed by atoms with E-state index >= 15 is 0 Å². The van der Waals surface area contributed by atoms with Crippen LogP contribution < -0.4 is 15.8 Å². The predicted molar refractivity (Wildman–Crippen MR) is 116 cm³/mol. The number of carbonyl (C=O) groups excluding carboxylic acids is 3. The number of amides is 3. The zero-order chi connectivity index (χ0) is 23.5. The lowest BCUT2D eigenvalue weighted by Gasteiger charge is -2.21. The average molecular weight is 461 g/mol. The van der Waals surface area contributed by atoms with Crippen LogP contribution in [0.2, 0.25) is 0 Å². The van der Waals surface area contributed by atoms with Crippen molar-refractivity contribution in [2.45, 2.75) is 29.6 Å². The van der Waals surface area contributed by atoms with Crippen LogP contribution in [0.4, 0.5) is 5.69 Å². The molecule has 2 unspecified atom stereocenters. The minimum atomic E-state index is -3.84. The van der Waals surface area contributed by atoms with Gasteiger partial charge in [0.1, 0.15) is 6.04 Å². The number of likely N-dealkylation sites (N-methyl/N-ethyl adjacent to an activating group) is 1. The lowest BCUT2D eigenvalue weighted by atomic mass is 10.0. The molecule has 1 heterocycles. The van der Waals surface area contributed by atoms with Crippen molar-refractivity contribution in [3.63, 3.8) is 0 Å². The maximum Gasteiger partial charge on any atom is 0.256 e. The number of primary sulfonamides is 1. The molecule has 170 valence electrons. The molecule has 1 fully saturated rings. The molecule has 11 heteroatoms. The number of carbonyl (C=O) groups is 3. The zero-order valence-corrected chi connectivity index (χ0v) is 18.3. The van der Waals surface area contributed by atoms with E-state index in [2.05, 4.69) is 10.6 Å². The van der Waals surface area contributed by atoms with E-state index in [0.717, 1.165) is 5.56 Å². The molecule has 0 aliphatic carbocycles. The zero-order valence-electron chi connectivity index (χ0n) is 17.5. The molecule has 1 aliphatic rings. The molecule has 1 aliphatic heterocycles. The summed E-state index contributed by atoms with van der Waals surface area (Å²) in [5, 5.41) is 10.3. The molecule has 2 aromatic rings. The Hall–Kier alpha value is -3.28. The standard InChI is InChI=1S/C21H24N4O6S/c1-25(2)21(28)16(12-13-6-4-3-5-7-13)24-20(27)18-17(31-18)19(26)23-14-8-10-15(11-9-14)32(22,29)30/h3-11,16-18H,12H2,1-2H3,(H,23,26)(H,24,27)(H2,22,29,30)/t16-,17?,18?/m0/s1. The molecular formula is C21H24N4O6S. The molecule has 0 radical (unpaired) electrons. The first kappa shape index (κ1) is 23.4. The number of hydrogen-bond donors (Lipinski definition) is 3. The van der Waals surface area contributed by atoms with Gasteiger partial charge in [-0.2, -0.15) is 0 Å². The van der Waals surface area contributed by atoms with Crippen molar-refractivity contribution in [2.24, 2.45) is 5.14 Å². The summed E-state index contributed by atoms with van der Waals surface area (Å²) in [6.45, 7) is 0. The molecule has 2 aromatic carbocycles. The van der Waals surface area contributed by atoms with Gasteiger partial charge in [0, 0.05) is 26.2 Å². The van der Waals surface area contributed by atoms with E-state index in [4.69, 9.17) is 9.88 Å². The van der Waals surface area contributed by atoms with Crippen molar-refractivity contribution >= 4 is 33.4 Å². The van der Waals surface area contributed by atoms with Gasteiger partial charge < -0.3 is 20.3 Å². The topological polar surface area (TPSA) is 151 Å². The van der Waals surface area contributed by atoms with E-state index in [1.807, 2.05) is 30.3 Å². The molecule has 4 N–H and O–H groups in total. The van der Waals surface area contributed by atoms with Gasteiger partial charge in [-0.1, -0.05) is 30.3 Å². The number of nitrogens with zero attached hydrogens (tertiary/aromatic N) is 1. The molecule has 0 saturated carbocycles. The summed E-state index contributed by atoms with van der Waals surface area (Å²) in [4.78, 5) is 38.8. The van der Waals surface area contributed by atoms with E-state index in [9.17, 15) is 22.8 Å². The maximum absolute atomic E-state index is 12.6. The molecule has 0 aromatic heterocycles.